The van der Waals surface area contributed by atoms with Gasteiger partial charge in [-0.1, -0.05) is 141 Å². The molecule has 3 N–H and O–H groups in total. The van der Waals surface area contributed by atoms with Gasteiger partial charge in [0.05, 0.1) is 20.6 Å². The van der Waals surface area contributed by atoms with Crippen LogP contribution in [0.25, 0.3) is 0 Å². The second kappa shape index (κ2) is 46.8. The molecular weight excluding hydrogens is 732 g/mol. The Balaban J connectivity index is -0.00000102. The van der Waals surface area contributed by atoms with Gasteiger partial charge in [0.25, 0.3) is 0 Å². The number of nitrogens with one attached hydrogen (secondary N) is 2. The number of rotatable bonds is 40. The van der Waals surface area contributed by atoms with Crippen LogP contribution in [-0.4, -0.2) is 93.2 Å². The van der Waals surface area contributed by atoms with Crippen LogP contribution in [0.5, 0.6) is 0 Å². The zero-order chi connectivity index (χ0) is 41.8. The van der Waals surface area contributed by atoms with Crippen LogP contribution >= 0.6 is 0 Å². The molecule has 0 aliphatic rings. The Hall–Kier alpha value is -1.90. The second-order valence-electron chi connectivity index (χ2n) is 17.1. The number of carboxylic acids is 1. The largest absolute Gasteiger partial charge is 1.00 e. The van der Waals surface area contributed by atoms with E-state index in [0.717, 1.165) is 51.7 Å². The first-order valence-corrected chi connectivity index (χ1v) is 23.6. The first-order valence-electron chi connectivity index (χ1n) is 23.6. The number of hydrogen-bond donors (Lipinski definition) is 3. The van der Waals surface area contributed by atoms with Gasteiger partial charge in [0.1, 0.15) is 0 Å². The molecule has 0 radical (unpaired) electrons. The summed E-state index contributed by atoms with van der Waals surface area (Å²) in [5.74, 6) is -0.439. The lowest BCUT2D eigenvalue weighted by molar-refractivity contribution is -0.883. The highest BCUT2D eigenvalue weighted by molar-refractivity contribution is 5.76. The number of aliphatic carboxylic acids is 1. The maximum Gasteiger partial charge on any atom is 0.359 e. The highest BCUT2D eigenvalue weighted by Crippen LogP contribution is 2.12. The number of unbranched alkanes of at least 4 members (excludes halogenated alkanes) is 22. The Bertz CT molecular complexity index is 941. The Morgan fingerprint density at radius 1 is 0.509 bits per heavy atom. The lowest BCUT2D eigenvalue weighted by atomic mass is 10.1. The van der Waals surface area contributed by atoms with Gasteiger partial charge in [-0.25, -0.2) is 4.79 Å². The number of carbonyl (C=O) groups excluding carboxylic acids is 2. The van der Waals surface area contributed by atoms with Crippen molar-refractivity contribution in [2.75, 3.05) is 60.9 Å². The fourth-order valence-electron chi connectivity index (χ4n) is 6.69. The number of nitrogens with zero attached hydrogens (tertiary/aromatic N) is 2. The molecule has 0 aromatic heterocycles. The van der Waals surface area contributed by atoms with Crippen LogP contribution in [0.3, 0.4) is 0 Å². The summed E-state index contributed by atoms with van der Waals surface area (Å²) in [6.45, 7) is 7.87. The summed E-state index contributed by atoms with van der Waals surface area (Å²) in [5, 5.41) is 14.8. The van der Waals surface area contributed by atoms with Crippen molar-refractivity contribution in [1.82, 2.24) is 15.5 Å². The lowest BCUT2D eigenvalue weighted by Gasteiger charge is -2.27. The Labute approximate surface area is 360 Å². The normalized spacial score (nSPS) is 11.5. The smallest absolute Gasteiger partial charge is 0.359 e. The molecule has 0 fully saturated rings. The van der Waals surface area contributed by atoms with E-state index in [1.165, 1.54) is 148 Å². The van der Waals surface area contributed by atoms with Crippen molar-refractivity contribution >= 4 is 17.8 Å². The molecular formula is C48H95ClN4O4. The molecule has 0 aliphatic carbocycles. The van der Waals surface area contributed by atoms with E-state index >= 15 is 0 Å². The van der Waals surface area contributed by atoms with Crippen LogP contribution in [-0.2, 0) is 14.4 Å². The van der Waals surface area contributed by atoms with Crippen molar-refractivity contribution in [3.63, 3.8) is 0 Å². The minimum Gasteiger partial charge on any atom is -1.00 e. The number of likely N-dealkylation sites (N-methyl/N-ethyl adjacent to an activating group) is 1. The molecule has 0 aromatic carbocycles. The third-order valence-electron chi connectivity index (χ3n) is 10.3. The summed E-state index contributed by atoms with van der Waals surface area (Å²) in [6, 6.07) is 0. The van der Waals surface area contributed by atoms with Crippen molar-refractivity contribution in [2.24, 2.45) is 0 Å². The molecule has 2 amide bonds. The highest BCUT2D eigenvalue weighted by atomic mass is 35.5. The predicted molar refractivity (Wildman–Crippen MR) is 242 cm³/mol. The Morgan fingerprint density at radius 3 is 1.19 bits per heavy atom. The molecule has 0 heterocycles. The summed E-state index contributed by atoms with van der Waals surface area (Å²) < 4.78 is 0.444. The molecule has 0 saturated heterocycles. The number of halogens is 1. The van der Waals surface area contributed by atoms with E-state index in [-0.39, 0.29) is 30.8 Å². The first kappa shape index (κ1) is 59.4. The fraction of sp³-hybridized carbons (Fsp3) is 0.854. The van der Waals surface area contributed by atoms with E-state index in [4.69, 9.17) is 5.11 Å². The number of carboxylic acid groups (broad SMARTS) is 1. The molecule has 338 valence electrons. The van der Waals surface area contributed by atoms with E-state index in [0.29, 0.717) is 23.9 Å². The minimum atomic E-state index is -0.784. The standard InChI is InChI=1S/C25H48N2O3.C23H46N2O.ClH/c1-4-5-6-7-8-9-10-11-12-13-14-15-16-17-18-20-24(28)26-21-19-22-27(2,3)23-25(29)30;1-4-5-6-7-8-9-10-11-12-13-14-15-16-17-18-20-23(26)24-21-19-22-25(2)3;/h11-12H,4-10,13-23H2,1-3H3,(H-,26,28,29,30);11-12H,4-10,13-22H2,1-3H3,(H,24,26);1H/b2*12-11-;. The molecule has 0 atom stereocenters. The molecule has 0 aromatic rings. The number of carbonyl (C=O) groups is 3. The van der Waals surface area contributed by atoms with Crippen LogP contribution in [0.15, 0.2) is 24.3 Å². The van der Waals surface area contributed by atoms with E-state index in [9.17, 15) is 14.4 Å². The predicted octanol–water partition coefficient (Wildman–Crippen LogP) is 8.79. The number of hydrogen-bond acceptors (Lipinski definition) is 4. The highest BCUT2D eigenvalue weighted by Gasteiger charge is 2.18. The maximum atomic E-state index is 11.9. The summed E-state index contributed by atoms with van der Waals surface area (Å²) in [6.07, 6.45) is 45.9. The minimum absolute atomic E-state index is 0. The van der Waals surface area contributed by atoms with Crippen LogP contribution < -0.4 is 23.0 Å². The van der Waals surface area contributed by atoms with Crippen molar-refractivity contribution in [1.29, 1.82) is 0 Å². The fourth-order valence-corrected chi connectivity index (χ4v) is 6.69. The molecule has 9 heteroatoms. The van der Waals surface area contributed by atoms with Crippen molar-refractivity contribution in [3.05, 3.63) is 24.3 Å². The van der Waals surface area contributed by atoms with Crippen LogP contribution in [0.1, 0.15) is 206 Å². The summed E-state index contributed by atoms with van der Waals surface area (Å²) in [4.78, 5) is 36.5. The molecule has 0 unspecified atom stereocenters. The van der Waals surface area contributed by atoms with Gasteiger partial charge in [0.15, 0.2) is 6.54 Å². The molecule has 0 aliphatic heterocycles. The Kier molecular flexibility index (Phi) is 48.8. The lowest BCUT2D eigenvalue weighted by Crippen LogP contribution is -3.00. The maximum absolute atomic E-state index is 11.9. The summed E-state index contributed by atoms with van der Waals surface area (Å²) in [7, 11) is 7.93. The molecule has 8 nitrogen and oxygen atoms in total. The molecule has 57 heavy (non-hydrogen) atoms. The SMILES string of the molecule is CCCCCCCC/C=C\CCCCCCCC(=O)NCCCN(C)C.CCCCCCCC/C=C\CCCCCCCC(=O)NCCC[N+](C)(C)CC(=O)O.[Cl-]. The van der Waals surface area contributed by atoms with Gasteiger partial charge >= 0.3 is 5.97 Å². The van der Waals surface area contributed by atoms with Gasteiger partial charge in [-0.15, -0.1) is 0 Å². The first-order chi connectivity index (χ1) is 27.0. The van der Waals surface area contributed by atoms with Crippen molar-refractivity contribution < 1.29 is 36.4 Å². The van der Waals surface area contributed by atoms with Gasteiger partial charge < -0.3 is 37.5 Å². The number of amides is 2. The third-order valence-corrected chi connectivity index (χ3v) is 10.3. The molecule has 0 saturated carbocycles. The average molecular weight is 828 g/mol. The van der Waals surface area contributed by atoms with Crippen molar-refractivity contribution in [2.45, 2.75) is 206 Å². The van der Waals surface area contributed by atoms with Crippen LogP contribution in [0.2, 0.25) is 0 Å². The van der Waals surface area contributed by atoms with E-state index in [1.54, 1.807) is 0 Å². The topological polar surface area (TPSA) is 98.7 Å². The number of allylic oxidation sites excluding steroid dienone is 4. The zero-order valence-electron chi connectivity index (χ0n) is 38.5. The van der Waals surface area contributed by atoms with Gasteiger partial charge in [0, 0.05) is 32.4 Å². The molecule has 0 rings (SSSR count). The van der Waals surface area contributed by atoms with Crippen LogP contribution in [0, 0.1) is 0 Å². The van der Waals surface area contributed by atoms with Gasteiger partial charge in [-0.05, 0) is 91.3 Å². The zero-order valence-corrected chi connectivity index (χ0v) is 39.3. The van der Waals surface area contributed by atoms with E-state index in [2.05, 4.69) is 67.8 Å². The summed E-state index contributed by atoms with van der Waals surface area (Å²) in [5.41, 5.74) is 0. The van der Waals surface area contributed by atoms with Gasteiger partial charge in [0.2, 0.25) is 11.8 Å². The number of quaternary nitrogens is 1. The van der Waals surface area contributed by atoms with E-state index < -0.39 is 5.97 Å². The third kappa shape index (κ3) is 54.1. The quantitative estimate of drug-likeness (QED) is 0.0326. The monoisotopic (exact) mass is 827 g/mol. The van der Waals surface area contributed by atoms with Crippen LogP contribution in [0.4, 0.5) is 0 Å². The van der Waals surface area contributed by atoms with Gasteiger partial charge in [-0.3, -0.25) is 9.59 Å². The van der Waals surface area contributed by atoms with E-state index in [1.807, 2.05) is 14.1 Å². The molecule has 0 spiro atoms. The second-order valence-corrected chi connectivity index (χ2v) is 17.1. The average Bonchev–Trinajstić information content (AvgIpc) is 3.14. The Morgan fingerprint density at radius 2 is 0.842 bits per heavy atom. The summed E-state index contributed by atoms with van der Waals surface area (Å²) >= 11 is 0. The van der Waals surface area contributed by atoms with Gasteiger partial charge in [-0.2, -0.15) is 0 Å². The molecule has 0 bridgehead atoms. The van der Waals surface area contributed by atoms with Crippen molar-refractivity contribution in [3.8, 4) is 0 Å².